The van der Waals surface area contributed by atoms with Crippen LogP contribution in [0.3, 0.4) is 0 Å². The molecular formula is C10H21NO. The highest BCUT2D eigenvalue weighted by molar-refractivity contribution is 4.70. The van der Waals surface area contributed by atoms with Crippen LogP contribution in [-0.4, -0.2) is 24.3 Å². The zero-order valence-corrected chi connectivity index (χ0v) is 8.05. The summed E-state index contributed by atoms with van der Waals surface area (Å²) in [6.07, 6.45) is 6.39. The van der Waals surface area contributed by atoms with Gasteiger partial charge in [-0.1, -0.05) is 19.3 Å². The Morgan fingerprint density at radius 1 is 1.42 bits per heavy atom. The summed E-state index contributed by atoms with van der Waals surface area (Å²) < 4.78 is 0. The van der Waals surface area contributed by atoms with Gasteiger partial charge >= 0.3 is 0 Å². The molecule has 0 saturated heterocycles. The smallest absolute Gasteiger partial charge is 0.0524 e. The van der Waals surface area contributed by atoms with Gasteiger partial charge in [0.15, 0.2) is 0 Å². The number of rotatable bonds is 6. The van der Waals surface area contributed by atoms with E-state index < -0.39 is 0 Å². The first kappa shape index (κ1) is 10.0. The molecule has 1 saturated carbocycles. The van der Waals surface area contributed by atoms with Gasteiger partial charge in [-0.05, 0) is 38.8 Å². The first-order valence-electron chi connectivity index (χ1n) is 5.18. The second-order valence-corrected chi connectivity index (χ2v) is 3.97. The minimum atomic E-state index is -0.152. The van der Waals surface area contributed by atoms with Crippen molar-refractivity contribution in [3.05, 3.63) is 0 Å². The van der Waals surface area contributed by atoms with E-state index in [-0.39, 0.29) is 6.10 Å². The van der Waals surface area contributed by atoms with Crippen LogP contribution in [0.4, 0.5) is 0 Å². The van der Waals surface area contributed by atoms with Crippen LogP contribution in [-0.2, 0) is 0 Å². The summed E-state index contributed by atoms with van der Waals surface area (Å²) in [5, 5.41) is 12.3. The van der Waals surface area contributed by atoms with Crippen molar-refractivity contribution >= 4 is 0 Å². The van der Waals surface area contributed by atoms with E-state index >= 15 is 0 Å². The fourth-order valence-corrected chi connectivity index (χ4v) is 1.52. The largest absolute Gasteiger partial charge is 0.393 e. The third-order valence-corrected chi connectivity index (χ3v) is 2.69. The summed E-state index contributed by atoms with van der Waals surface area (Å²) >= 11 is 0. The molecule has 1 aliphatic rings. The molecule has 1 unspecified atom stereocenters. The van der Waals surface area contributed by atoms with Gasteiger partial charge in [0, 0.05) is 0 Å². The summed E-state index contributed by atoms with van der Waals surface area (Å²) in [5.41, 5.74) is 0. The molecule has 0 spiro atoms. The maximum atomic E-state index is 8.98. The Hall–Kier alpha value is -0.0800. The highest BCUT2D eigenvalue weighted by Gasteiger charge is 2.15. The number of nitrogens with one attached hydrogen (secondary N) is 1. The van der Waals surface area contributed by atoms with Crippen LogP contribution in [0.1, 0.15) is 39.0 Å². The van der Waals surface area contributed by atoms with E-state index in [0.717, 1.165) is 25.4 Å². The fraction of sp³-hybridized carbons (Fsp3) is 1.00. The lowest BCUT2D eigenvalue weighted by Crippen LogP contribution is -2.24. The van der Waals surface area contributed by atoms with Crippen LogP contribution in [0.5, 0.6) is 0 Å². The summed E-state index contributed by atoms with van der Waals surface area (Å²) in [6.45, 7) is 3.94. The molecule has 2 N–H and O–H groups in total. The molecule has 1 fully saturated rings. The molecular weight excluding hydrogens is 150 g/mol. The van der Waals surface area contributed by atoms with Crippen molar-refractivity contribution in [2.45, 2.75) is 45.1 Å². The van der Waals surface area contributed by atoms with E-state index in [2.05, 4.69) is 5.32 Å². The summed E-state index contributed by atoms with van der Waals surface area (Å²) in [6, 6.07) is 0. The Kier molecular flexibility index (Phi) is 4.62. The van der Waals surface area contributed by atoms with Gasteiger partial charge in [-0.3, -0.25) is 0 Å². The minimum Gasteiger partial charge on any atom is -0.393 e. The molecule has 0 amide bonds. The van der Waals surface area contributed by atoms with E-state index in [1.807, 2.05) is 6.92 Å². The lowest BCUT2D eigenvalue weighted by atomic mass is 9.83. The molecule has 0 aromatic carbocycles. The molecule has 1 atom stereocenters. The first-order chi connectivity index (χ1) is 5.79. The molecule has 0 aromatic rings. The van der Waals surface area contributed by atoms with Crippen molar-refractivity contribution in [1.29, 1.82) is 0 Å². The molecule has 1 aliphatic carbocycles. The third-order valence-electron chi connectivity index (χ3n) is 2.69. The highest BCUT2D eigenvalue weighted by atomic mass is 16.3. The number of hydrogen-bond acceptors (Lipinski definition) is 2. The van der Waals surface area contributed by atoms with Crippen molar-refractivity contribution in [1.82, 2.24) is 5.32 Å². The van der Waals surface area contributed by atoms with Crippen LogP contribution in [0, 0.1) is 5.92 Å². The molecule has 2 heteroatoms. The average Bonchev–Trinajstić information content (AvgIpc) is 1.92. The Labute approximate surface area is 75.4 Å². The highest BCUT2D eigenvalue weighted by Crippen LogP contribution is 2.28. The van der Waals surface area contributed by atoms with Crippen LogP contribution in [0.15, 0.2) is 0 Å². The SMILES string of the molecule is CC(O)CCNCCC1CCC1. The van der Waals surface area contributed by atoms with Gasteiger partial charge in [0.1, 0.15) is 0 Å². The Bertz CT molecular complexity index is 110. The van der Waals surface area contributed by atoms with E-state index in [9.17, 15) is 0 Å². The predicted molar refractivity (Wildman–Crippen MR) is 51.1 cm³/mol. The standard InChI is InChI=1S/C10H21NO/c1-9(12)5-7-11-8-6-10-3-2-4-10/h9-12H,2-8H2,1H3. The maximum Gasteiger partial charge on any atom is 0.0524 e. The van der Waals surface area contributed by atoms with Gasteiger partial charge in [0.2, 0.25) is 0 Å². The van der Waals surface area contributed by atoms with Crippen molar-refractivity contribution in [3.63, 3.8) is 0 Å². The number of hydrogen-bond donors (Lipinski definition) is 2. The van der Waals surface area contributed by atoms with Gasteiger partial charge in [-0.15, -0.1) is 0 Å². The van der Waals surface area contributed by atoms with Crippen LogP contribution in [0.25, 0.3) is 0 Å². The molecule has 0 bridgehead atoms. The van der Waals surface area contributed by atoms with Crippen LogP contribution >= 0.6 is 0 Å². The van der Waals surface area contributed by atoms with E-state index in [0.29, 0.717) is 0 Å². The molecule has 12 heavy (non-hydrogen) atoms. The van der Waals surface area contributed by atoms with E-state index in [1.165, 1.54) is 25.7 Å². The summed E-state index contributed by atoms with van der Waals surface area (Å²) in [5.74, 6) is 1.00. The maximum absolute atomic E-state index is 8.98. The van der Waals surface area contributed by atoms with Crippen LogP contribution in [0.2, 0.25) is 0 Å². The lowest BCUT2D eigenvalue weighted by Gasteiger charge is -2.25. The Morgan fingerprint density at radius 3 is 2.67 bits per heavy atom. The zero-order valence-electron chi connectivity index (χ0n) is 8.05. The Morgan fingerprint density at radius 2 is 2.17 bits per heavy atom. The van der Waals surface area contributed by atoms with Gasteiger partial charge in [0.05, 0.1) is 6.10 Å². The second kappa shape index (κ2) is 5.55. The molecule has 0 radical (unpaired) electrons. The van der Waals surface area contributed by atoms with Crippen LogP contribution < -0.4 is 5.32 Å². The molecule has 0 aromatic heterocycles. The predicted octanol–water partition coefficient (Wildman–Crippen LogP) is 1.54. The second-order valence-electron chi connectivity index (χ2n) is 3.97. The molecule has 0 aliphatic heterocycles. The van der Waals surface area contributed by atoms with Gasteiger partial charge in [-0.2, -0.15) is 0 Å². The van der Waals surface area contributed by atoms with Crippen molar-refractivity contribution in [2.24, 2.45) is 5.92 Å². The third kappa shape index (κ3) is 4.07. The number of aliphatic hydroxyl groups is 1. The average molecular weight is 171 g/mol. The number of aliphatic hydroxyl groups excluding tert-OH is 1. The fourth-order valence-electron chi connectivity index (χ4n) is 1.52. The normalized spacial score (nSPS) is 20.5. The molecule has 1 rings (SSSR count). The molecule has 72 valence electrons. The summed E-state index contributed by atoms with van der Waals surface area (Å²) in [4.78, 5) is 0. The van der Waals surface area contributed by atoms with Crippen molar-refractivity contribution in [2.75, 3.05) is 13.1 Å². The molecule has 2 nitrogen and oxygen atoms in total. The van der Waals surface area contributed by atoms with E-state index in [4.69, 9.17) is 5.11 Å². The topological polar surface area (TPSA) is 32.3 Å². The monoisotopic (exact) mass is 171 g/mol. The first-order valence-corrected chi connectivity index (χ1v) is 5.18. The van der Waals surface area contributed by atoms with Gasteiger partial charge in [-0.25, -0.2) is 0 Å². The van der Waals surface area contributed by atoms with E-state index in [1.54, 1.807) is 0 Å². The minimum absolute atomic E-state index is 0.152. The lowest BCUT2D eigenvalue weighted by molar-refractivity contribution is 0.183. The van der Waals surface area contributed by atoms with Crippen molar-refractivity contribution < 1.29 is 5.11 Å². The molecule has 0 heterocycles. The van der Waals surface area contributed by atoms with Gasteiger partial charge < -0.3 is 10.4 Å². The quantitative estimate of drug-likeness (QED) is 0.594. The van der Waals surface area contributed by atoms with Gasteiger partial charge in [0.25, 0.3) is 0 Å². The summed E-state index contributed by atoms with van der Waals surface area (Å²) in [7, 11) is 0. The van der Waals surface area contributed by atoms with Crippen molar-refractivity contribution in [3.8, 4) is 0 Å². The zero-order chi connectivity index (χ0) is 8.81. The Balaban J connectivity index is 1.76.